The Labute approximate surface area is 123 Å². The van der Waals surface area contributed by atoms with Crippen LogP contribution in [0.2, 0.25) is 0 Å². The van der Waals surface area contributed by atoms with Gasteiger partial charge in [-0.1, -0.05) is 18.5 Å². The Balaban J connectivity index is 1.79. The topological polar surface area (TPSA) is 64.9 Å². The first kappa shape index (κ1) is 14.0. The molecule has 1 fully saturated rings. The number of benzene rings is 1. The van der Waals surface area contributed by atoms with E-state index in [9.17, 15) is 4.39 Å². The molecule has 1 saturated carbocycles. The molecule has 1 aliphatic carbocycles. The van der Waals surface area contributed by atoms with Crippen LogP contribution >= 0.6 is 0 Å². The Morgan fingerprint density at radius 3 is 2.76 bits per heavy atom. The van der Waals surface area contributed by atoms with Crippen LogP contribution in [0.1, 0.15) is 50.8 Å². The summed E-state index contributed by atoms with van der Waals surface area (Å²) in [7, 11) is 0. The smallest absolute Gasteiger partial charge is 0.260 e. The maximum absolute atomic E-state index is 13.3. The highest BCUT2D eigenvalue weighted by atomic mass is 19.1. The van der Waals surface area contributed by atoms with E-state index in [-0.39, 0.29) is 5.82 Å². The maximum atomic E-state index is 13.3. The van der Waals surface area contributed by atoms with Crippen molar-refractivity contribution in [2.45, 2.75) is 44.9 Å². The lowest BCUT2D eigenvalue weighted by atomic mass is 9.80. The second-order valence-corrected chi connectivity index (χ2v) is 5.82. The van der Waals surface area contributed by atoms with Crippen LogP contribution in [-0.4, -0.2) is 10.1 Å². The first-order valence-electron chi connectivity index (χ1n) is 7.56. The number of nitrogens with zero attached hydrogens (tertiary/aromatic N) is 2. The van der Waals surface area contributed by atoms with Crippen molar-refractivity contribution in [1.29, 1.82) is 0 Å². The largest absolute Gasteiger partial charge is 0.398 e. The van der Waals surface area contributed by atoms with Crippen molar-refractivity contribution in [3.63, 3.8) is 0 Å². The standard InChI is InChI=1S/C16H20FN3O/c1-2-10-3-5-11(6-4-10)15-19-16(21-20-15)13-9-12(17)7-8-14(13)18/h7-11H,2-6,18H2,1H3. The molecule has 21 heavy (non-hydrogen) atoms. The lowest BCUT2D eigenvalue weighted by molar-refractivity contribution is 0.305. The molecule has 0 amide bonds. The van der Waals surface area contributed by atoms with Crippen LogP contribution in [0.4, 0.5) is 10.1 Å². The monoisotopic (exact) mass is 289 g/mol. The summed E-state index contributed by atoms with van der Waals surface area (Å²) < 4.78 is 18.6. The Morgan fingerprint density at radius 1 is 1.29 bits per heavy atom. The van der Waals surface area contributed by atoms with Crippen LogP contribution in [0.25, 0.3) is 11.5 Å². The molecule has 0 saturated heterocycles. The highest BCUT2D eigenvalue weighted by Crippen LogP contribution is 2.36. The van der Waals surface area contributed by atoms with E-state index in [2.05, 4.69) is 17.1 Å². The van der Waals surface area contributed by atoms with Crippen molar-refractivity contribution in [3.8, 4) is 11.5 Å². The third-order valence-corrected chi connectivity index (χ3v) is 4.48. The van der Waals surface area contributed by atoms with Gasteiger partial charge in [-0.25, -0.2) is 4.39 Å². The van der Waals surface area contributed by atoms with Crippen molar-refractivity contribution in [1.82, 2.24) is 10.1 Å². The number of halogens is 1. The zero-order chi connectivity index (χ0) is 14.8. The summed E-state index contributed by atoms with van der Waals surface area (Å²) in [6.07, 6.45) is 5.86. The SMILES string of the molecule is CCC1CCC(c2noc(-c3cc(F)ccc3N)n2)CC1. The molecule has 0 unspecified atom stereocenters. The van der Waals surface area contributed by atoms with E-state index in [1.807, 2.05) is 0 Å². The third-order valence-electron chi connectivity index (χ3n) is 4.48. The Morgan fingerprint density at radius 2 is 2.05 bits per heavy atom. The summed E-state index contributed by atoms with van der Waals surface area (Å²) in [4.78, 5) is 4.43. The number of hydrogen-bond acceptors (Lipinski definition) is 4. The first-order valence-corrected chi connectivity index (χ1v) is 7.56. The predicted octanol–water partition coefficient (Wildman–Crippen LogP) is 4.14. The van der Waals surface area contributed by atoms with E-state index in [0.717, 1.165) is 24.6 Å². The van der Waals surface area contributed by atoms with Gasteiger partial charge in [-0.3, -0.25) is 0 Å². The van der Waals surface area contributed by atoms with E-state index in [0.29, 0.717) is 23.1 Å². The minimum atomic E-state index is -0.359. The summed E-state index contributed by atoms with van der Waals surface area (Å²) in [6, 6.07) is 4.17. The summed E-state index contributed by atoms with van der Waals surface area (Å²) >= 11 is 0. The van der Waals surface area contributed by atoms with Gasteiger partial charge in [0.15, 0.2) is 5.82 Å². The number of nitrogen functional groups attached to an aromatic ring is 1. The van der Waals surface area contributed by atoms with Crippen molar-refractivity contribution < 1.29 is 8.91 Å². The number of hydrogen-bond donors (Lipinski definition) is 1. The van der Waals surface area contributed by atoms with Gasteiger partial charge in [0.2, 0.25) is 0 Å². The molecule has 2 N–H and O–H groups in total. The van der Waals surface area contributed by atoms with Crippen molar-refractivity contribution in [2.24, 2.45) is 5.92 Å². The predicted molar refractivity (Wildman–Crippen MR) is 79.1 cm³/mol. The van der Waals surface area contributed by atoms with E-state index in [4.69, 9.17) is 10.3 Å². The highest BCUT2D eigenvalue weighted by Gasteiger charge is 2.25. The van der Waals surface area contributed by atoms with E-state index in [1.54, 1.807) is 0 Å². The van der Waals surface area contributed by atoms with Gasteiger partial charge < -0.3 is 10.3 Å². The molecular formula is C16H20FN3O. The van der Waals surface area contributed by atoms with Crippen LogP contribution in [0, 0.1) is 11.7 Å². The van der Waals surface area contributed by atoms with Gasteiger partial charge in [-0.05, 0) is 49.8 Å². The van der Waals surface area contributed by atoms with Crippen LogP contribution in [0.15, 0.2) is 22.7 Å². The molecule has 5 heteroatoms. The first-order chi connectivity index (χ1) is 10.2. The van der Waals surface area contributed by atoms with Gasteiger partial charge in [0.25, 0.3) is 5.89 Å². The summed E-state index contributed by atoms with van der Waals surface area (Å²) in [5.74, 6) is 1.84. The van der Waals surface area contributed by atoms with Crippen molar-refractivity contribution >= 4 is 5.69 Å². The number of aromatic nitrogens is 2. The second-order valence-electron chi connectivity index (χ2n) is 5.82. The fraction of sp³-hybridized carbons (Fsp3) is 0.500. The van der Waals surface area contributed by atoms with Crippen LogP contribution in [0.5, 0.6) is 0 Å². The van der Waals surface area contributed by atoms with Gasteiger partial charge in [0.1, 0.15) is 5.82 Å². The van der Waals surface area contributed by atoms with Gasteiger partial charge in [0.05, 0.1) is 5.56 Å². The molecule has 0 radical (unpaired) electrons. The maximum Gasteiger partial charge on any atom is 0.260 e. The zero-order valence-corrected chi connectivity index (χ0v) is 12.2. The third kappa shape index (κ3) is 2.91. The average Bonchev–Trinajstić information content (AvgIpc) is 2.99. The van der Waals surface area contributed by atoms with E-state index >= 15 is 0 Å². The Kier molecular flexibility index (Phi) is 3.90. The highest BCUT2D eigenvalue weighted by molar-refractivity contribution is 5.70. The lowest BCUT2D eigenvalue weighted by Gasteiger charge is -2.25. The number of nitrogens with two attached hydrogens (primary N) is 1. The van der Waals surface area contributed by atoms with E-state index < -0.39 is 0 Å². The van der Waals surface area contributed by atoms with Gasteiger partial charge in [-0.2, -0.15) is 4.98 Å². The quantitative estimate of drug-likeness (QED) is 0.862. The fourth-order valence-electron chi connectivity index (χ4n) is 3.05. The van der Waals surface area contributed by atoms with E-state index in [1.165, 1.54) is 37.5 Å². The minimum absolute atomic E-state index is 0.305. The van der Waals surface area contributed by atoms with Crippen LogP contribution < -0.4 is 5.73 Å². The Bertz CT molecular complexity index is 618. The van der Waals surface area contributed by atoms with Gasteiger partial charge in [0, 0.05) is 11.6 Å². The molecular weight excluding hydrogens is 269 g/mol. The molecule has 0 spiro atoms. The number of anilines is 1. The molecule has 0 bridgehead atoms. The fourth-order valence-corrected chi connectivity index (χ4v) is 3.05. The van der Waals surface area contributed by atoms with Gasteiger partial charge in [-0.15, -0.1) is 0 Å². The molecule has 0 aliphatic heterocycles. The number of rotatable bonds is 3. The van der Waals surface area contributed by atoms with Crippen molar-refractivity contribution in [2.75, 3.05) is 5.73 Å². The summed E-state index contributed by atoms with van der Waals surface area (Å²) in [5, 5.41) is 4.07. The molecule has 2 aromatic rings. The van der Waals surface area contributed by atoms with Crippen LogP contribution in [0.3, 0.4) is 0 Å². The van der Waals surface area contributed by atoms with Crippen LogP contribution in [-0.2, 0) is 0 Å². The zero-order valence-electron chi connectivity index (χ0n) is 12.2. The molecule has 1 heterocycles. The normalized spacial score (nSPS) is 22.4. The minimum Gasteiger partial charge on any atom is -0.398 e. The molecule has 1 aromatic carbocycles. The molecule has 1 aliphatic rings. The Hall–Kier alpha value is -1.91. The second kappa shape index (κ2) is 5.84. The molecule has 4 nitrogen and oxygen atoms in total. The molecule has 0 atom stereocenters. The lowest BCUT2D eigenvalue weighted by Crippen LogP contribution is -2.13. The molecule has 1 aromatic heterocycles. The van der Waals surface area contributed by atoms with Crippen molar-refractivity contribution in [3.05, 3.63) is 29.8 Å². The average molecular weight is 289 g/mol. The summed E-state index contributed by atoms with van der Waals surface area (Å²) in [5.41, 5.74) is 6.77. The molecule has 3 rings (SSSR count). The summed E-state index contributed by atoms with van der Waals surface area (Å²) in [6.45, 7) is 2.24. The van der Waals surface area contributed by atoms with Gasteiger partial charge >= 0.3 is 0 Å². The molecule has 112 valence electrons.